The molecule has 3 heteroatoms. The van der Waals surface area contributed by atoms with Crippen LogP contribution in [0.2, 0.25) is 0 Å². The zero-order valence-electron chi connectivity index (χ0n) is 14.1. The Morgan fingerprint density at radius 3 is 2.27 bits per heavy atom. The van der Waals surface area contributed by atoms with Crippen LogP contribution in [-0.2, 0) is 5.41 Å². The Bertz CT molecular complexity index is 599. The molecule has 2 aliphatic rings. The third-order valence-electron chi connectivity index (χ3n) is 5.01. The van der Waals surface area contributed by atoms with E-state index in [1.807, 2.05) is 0 Å². The molecule has 1 heterocycles. The summed E-state index contributed by atoms with van der Waals surface area (Å²) in [5.41, 5.74) is 3.51. The number of hydrogen-bond acceptors (Lipinski definition) is 2. The van der Waals surface area contributed by atoms with Crippen molar-refractivity contribution >= 4 is 22.9 Å². The summed E-state index contributed by atoms with van der Waals surface area (Å²) in [7, 11) is 0. The zero-order chi connectivity index (χ0) is 16.0. The number of rotatable bonds is 1. The minimum Gasteiger partial charge on any atom is -0.351 e. The highest BCUT2D eigenvalue weighted by molar-refractivity contribution is 7.82. The van der Waals surface area contributed by atoms with Crippen LogP contribution in [0.3, 0.4) is 0 Å². The summed E-state index contributed by atoms with van der Waals surface area (Å²) in [5, 5.41) is 3.51. The Labute approximate surface area is 139 Å². The average Bonchev–Trinajstić information content (AvgIpc) is 2.79. The molecule has 1 fully saturated rings. The van der Waals surface area contributed by atoms with Crippen molar-refractivity contribution in [2.24, 2.45) is 10.9 Å². The molecule has 1 aromatic rings. The summed E-state index contributed by atoms with van der Waals surface area (Å²) in [5.74, 6) is 0.811. The summed E-state index contributed by atoms with van der Waals surface area (Å²) in [6, 6.07) is 8.73. The molecule has 1 saturated carbocycles. The molecule has 2 nitrogen and oxygen atoms in total. The van der Waals surface area contributed by atoms with Gasteiger partial charge in [0.15, 0.2) is 0 Å². The second-order valence-electron chi connectivity index (χ2n) is 7.96. The first-order chi connectivity index (χ1) is 10.3. The fourth-order valence-corrected chi connectivity index (χ4v) is 3.72. The summed E-state index contributed by atoms with van der Waals surface area (Å²) in [4.78, 5) is 5.84. The smallest absolute Gasteiger partial charge is 0.131 e. The van der Waals surface area contributed by atoms with Crippen LogP contribution < -0.4 is 5.32 Å². The van der Waals surface area contributed by atoms with E-state index in [1.54, 1.807) is 0 Å². The lowest BCUT2D eigenvalue weighted by molar-refractivity contribution is 0.237. The molecular weight excluding hydrogens is 288 g/mol. The first-order valence-electron chi connectivity index (χ1n) is 8.32. The molecule has 0 atom stereocenters. The standard InChI is InChI=1S/C19H26N2S/c1-13-9-11-19(12-10-13)20-16(17(22)21-19)14-5-7-15(8-6-14)18(2,3)4/h5-8,13H,9-12H2,1-4H3,(H,21,22). The topological polar surface area (TPSA) is 24.4 Å². The van der Waals surface area contributed by atoms with E-state index in [1.165, 1.54) is 18.4 Å². The van der Waals surface area contributed by atoms with Crippen LogP contribution in [0.15, 0.2) is 29.3 Å². The van der Waals surface area contributed by atoms with E-state index in [0.29, 0.717) is 0 Å². The quantitative estimate of drug-likeness (QED) is 0.766. The molecule has 22 heavy (non-hydrogen) atoms. The maximum Gasteiger partial charge on any atom is 0.131 e. The first kappa shape index (κ1) is 15.7. The molecule has 0 unspecified atom stereocenters. The van der Waals surface area contributed by atoms with Crippen molar-refractivity contribution < 1.29 is 0 Å². The highest BCUT2D eigenvalue weighted by atomic mass is 32.1. The minimum absolute atomic E-state index is 0.123. The van der Waals surface area contributed by atoms with Crippen molar-refractivity contribution in [2.45, 2.75) is 64.5 Å². The molecule has 1 aliphatic heterocycles. The molecule has 118 valence electrons. The summed E-state index contributed by atoms with van der Waals surface area (Å²) < 4.78 is 0. The van der Waals surface area contributed by atoms with Gasteiger partial charge < -0.3 is 5.32 Å². The molecule has 0 bridgehead atoms. The second kappa shape index (κ2) is 5.45. The predicted molar refractivity (Wildman–Crippen MR) is 97.8 cm³/mol. The highest BCUT2D eigenvalue weighted by Gasteiger charge is 2.39. The van der Waals surface area contributed by atoms with Gasteiger partial charge in [-0.15, -0.1) is 0 Å². The van der Waals surface area contributed by atoms with Gasteiger partial charge in [0, 0.05) is 5.56 Å². The summed E-state index contributed by atoms with van der Waals surface area (Å²) >= 11 is 5.57. The fraction of sp³-hybridized carbons (Fsp3) is 0.579. The van der Waals surface area contributed by atoms with Gasteiger partial charge >= 0.3 is 0 Å². The van der Waals surface area contributed by atoms with E-state index in [9.17, 15) is 0 Å². The normalized spacial score (nSPS) is 28.6. The molecule has 0 radical (unpaired) electrons. The number of nitrogens with one attached hydrogen (secondary N) is 1. The zero-order valence-corrected chi connectivity index (χ0v) is 14.9. The SMILES string of the molecule is CC1CCC2(CC1)N=C(c1ccc(C(C)(C)C)cc1)C(=S)N2. The maximum atomic E-state index is 5.57. The number of nitrogens with zero attached hydrogens (tertiary/aromatic N) is 1. The molecular formula is C19H26N2S. The Balaban J connectivity index is 1.86. The van der Waals surface area contributed by atoms with Crippen molar-refractivity contribution in [1.29, 1.82) is 0 Å². The van der Waals surface area contributed by atoms with Crippen LogP contribution in [0.25, 0.3) is 0 Å². The lowest BCUT2D eigenvalue weighted by atomic mass is 9.83. The lowest BCUT2D eigenvalue weighted by Crippen LogP contribution is -2.44. The molecule has 1 N–H and O–H groups in total. The van der Waals surface area contributed by atoms with Crippen LogP contribution in [0.5, 0.6) is 0 Å². The Morgan fingerprint density at radius 1 is 1.14 bits per heavy atom. The summed E-state index contributed by atoms with van der Waals surface area (Å²) in [6.45, 7) is 9.04. The number of hydrogen-bond donors (Lipinski definition) is 1. The van der Waals surface area contributed by atoms with Crippen LogP contribution in [0.1, 0.15) is 64.5 Å². The minimum atomic E-state index is -0.123. The highest BCUT2D eigenvalue weighted by Crippen LogP contribution is 2.36. The van der Waals surface area contributed by atoms with Crippen LogP contribution >= 0.6 is 12.2 Å². The van der Waals surface area contributed by atoms with Crippen molar-refractivity contribution in [3.05, 3.63) is 35.4 Å². The van der Waals surface area contributed by atoms with Gasteiger partial charge in [-0.05, 0) is 42.6 Å². The van der Waals surface area contributed by atoms with Crippen LogP contribution in [-0.4, -0.2) is 16.4 Å². The predicted octanol–water partition coefficient (Wildman–Crippen LogP) is 4.61. The van der Waals surface area contributed by atoms with Gasteiger partial charge in [0.2, 0.25) is 0 Å². The van der Waals surface area contributed by atoms with Crippen molar-refractivity contribution in [3.63, 3.8) is 0 Å². The van der Waals surface area contributed by atoms with Gasteiger partial charge in [-0.3, -0.25) is 4.99 Å². The monoisotopic (exact) mass is 314 g/mol. The molecule has 0 saturated heterocycles. The number of aliphatic imine (C=N–C) groups is 1. The van der Waals surface area contributed by atoms with Gasteiger partial charge in [-0.2, -0.15) is 0 Å². The second-order valence-corrected chi connectivity index (χ2v) is 8.36. The molecule has 1 spiro atoms. The molecule has 0 aromatic heterocycles. The fourth-order valence-electron chi connectivity index (χ4n) is 3.36. The third kappa shape index (κ3) is 2.96. The molecule has 0 amide bonds. The van der Waals surface area contributed by atoms with Gasteiger partial charge in [-0.25, -0.2) is 0 Å². The molecule has 1 aromatic carbocycles. The van der Waals surface area contributed by atoms with Gasteiger partial charge in [0.25, 0.3) is 0 Å². The van der Waals surface area contributed by atoms with E-state index >= 15 is 0 Å². The Kier molecular flexibility index (Phi) is 3.88. The summed E-state index contributed by atoms with van der Waals surface area (Å²) in [6.07, 6.45) is 4.65. The van der Waals surface area contributed by atoms with Gasteiger partial charge in [-0.1, -0.05) is 64.2 Å². The first-order valence-corrected chi connectivity index (χ1v) is 8.73. The van der Waals surface area contributed by atoms with E-state index in [2.05, 4.69) is 57.3 Å². The third-order valence-corrected chi connectivity index (χ3v) is 5.31. The van der Waals surface area contributed by atoms with Gasteiger partial charge in [0.1, 0.15) is 16.4 Å². The van der Waals surface area contributed by atoms with Crippen LogP contribution in [0.4, 0.5) is 0 Å². The Morgan fingerprint density at radius 2 is 1.73 bits per heavy atom. The lowest BCUT2D eigenvalue weighted by Gasteiger charge is -2.33. The molecule has 3 rings (SSSR count). The number of benzene rings is 1. The average molecular weight is 314 g/mol. The van der Waals surface area contributed by atoms with Crippen molar-refractivity contribution in [1.82, 2.24) is 5.32 Å². The van der Waals surface area contributed by atoms with Crippen LogP contribution in [0, 0.1) is 5.92 Å². The maximum absolute atomic E-state index is 5.57. The largest absolute Gasteiger partial charge is 0.351 e. The van der Waals surface area contributed by atoms with E-state index in [4.69, 9.17) is 17.2 Å². The van der Waals surface area contributed by atoms with Crippen molar-refractivity contribution in [2.75, 3.05) is 0 Å². The Hall–Kier alpha value is -1.22. The molecule has 1 aliphatic carbocycles. The van der Waals surface area contributed by atoms with E-state index in [0.717, 1.165) is 35.0 Å². The van der Waals surface area contributed by atoms with E-state index in [-0.39, 0.29) is 11.1 Å². The number of thiocarbonyl (C=S) groups is 1. The van der Waals surface area contributed by atoms with Crippen molar-refractivity contribution in [3.8, 4) is 0 Å². The van der Waals surface area contributed by atoms with Gasteiger partial charge in [0.05, 0.1) is 0 Å². The van der Waals surface area contributed by atoms with E-state index < -0.39 is 0 Å².